The van der Waals surface area contributed by atoms with E-state index in [0.29, 0.717) is 5.75 Å². The van der Waals surface area contributed by atoms with Crippen LogP contribution in [0.1, 0.15) is 58.2 Å². The highest BCUT2D eigenvalue weighted by Crippen LogP contribution is 2.42. The van der Waals surface area contributed by atoms with Crippen LogP contribution in [0.25, 0.3) is 10.9 Å². The molecule has 3 rings (SSSR count). The lowest BCUT2D eigenvalue weighted by Gasteiger charge is -2.28. The average molecular weight is 410 g/mol. The number of rotatable bonds is 3. The van der Waals surface area contributed by atoms with E-state index in [-0.39, 0.29) is 16.4 Å². The van der Waals surface area contributed by atoms with Crippen LogP contribution < -0.4 is 5.56 Å². The summed E-state index contributed by atoms with van der Waals surface area (Å²) in [6.07, 6.45) is 0. The van der Waals surface area contributed by atoms with Gasteiger partial charge in [-0.05, 0) is 52.1 Å². The smallest absolute Gasteiger partial charge is 0.250 e. The molecule has 0 aliphatic heterocycles. The number of aromatic hydroxyl groups is 1. The Balaban J connectivity index is 1.95. The van der Waals surface area contributed by atoms with Crippen molar-refractivity contribution in [3.63, 3.8) is 0 Å². The number of hydrogen-bond acceptors (Lipinski definition) is 3. The van der Waals surface area contributed by atoms with Gasteiger partial charge in [0.1, 0.15) is 5.75 Å². The predicted molar refractivity (Wildman–Crippen MR) is 124 cm³/mol. The fraction of sp³-hybridized carbons (Fsp3) is 0.400. The lowest BCUT2D eigenvalue weighted by Crippen LogP contribution is -2.17. The number of benzene rings is 2. The Kier molecular flexibility index (Phi) is 5.61. The van der Waals surface area contributed by atoms with E-state index in [9.17, 15) is 9.90 Å². The molecule has 154 valence electrons. The van der Waals surface area contributed by atoms with Gasteiger partial charge in [0.2, 0.25) is 0 Å². The molecule has 0 atom stereocenters. The highest BCUT2D eigenvalue weighted by atomic mass is 32.2. The first-order chi connectivity index (χ1) is 13.4. The molecular formula is C25H31NO2S. The fourth-order valence-corrected chi connectivity index (χ4v) is 4.44. The first-order valence-electron chi connectivity index (χ1n) is 9.97. The van der Waals surface area contributed by atoms with Crippen LogP contribution in [0.2, 0.25) is 0 Å². The van der Waals surface area contributed by atoms with Gasteiger partial charge in [-0.2, -0.15) is 0 Å². The zero-order valence-electron chi connectivity index (χ0n) is 18.5. The maximum atomic E-state index is 11.8. The van der Waals surface area contributed by atoms with Crippen molar-refractivity contribution in [2.24, 2.45) is 7.05 Å². The van der Waals surface area contributed by atoms with Crippen molar-refractivity contribution in [2.75, 3.05) is 0 Å². The van der Waals surface area contributed by atoms with Crippen molar-refractivity contribution in [2.45, 2.75) is 63.0 Å². The Labute approximate surface area is 177 Å². The molecule has 3 aromatic rings. The number of pyridine rings is 1. The second-order valence-corrected chi connectivity index (χ2v) is 10.8. The molecule has 0 radical (unpaired) electrons. The summed E-state index contributed by atoms with van der Waals surface area (Å²) in [7, 11) is 1.80. The SMILES string of the molecule is Cn1c(=O)ccc2cc(CSc3cc(C(C)(C)C)c(O)c(C(C)(C)C)c3)ccc21. The van der Waals surface area contributed by atoms with E-state index in [0.717, 1.165) is 27.8 Å². The minimum Gasteiger partial charge on any atom is -0.507 e. The molecule has 0 aliphatic rings. The van der Waals surface area contributed by atoms with Crippen molar-refractivity contribution in [3.8, 4) is 5.75 Å². The summed E-state index contributed by atoms with van der Waals surface area (Å²) < 4.78 is 1.68. The number of phenols is 1. The molecular weight excluding hydrogens is 378 g/mol. The van der Waals surface area contributed by atoms with Crippen LogP contribution >= 0.6 is 11.8 Å². The van der Waals surface area contributed by atoms with Crippen molar-refractivity contribution >= 4 is 22.7 Å². The van der Waals surface area contributed by atoms with Gasteiger partial charge in [0.05, 0.1) is 5.52 Å². The van der Waals surface area contributed by atoms with Gasteiger partial charge >= 0.3 is 0 Å². The number of aryl methyl sites for hydroxylation is 1. The van der Waals surface area contributed by atoms with Gasteiger partial charge in [-0.1, -0.05) is 47.6 Å². The molecule has 0 saturated carbocycles. The lowest BCUT2D eigenvalue weighted by atomic mass is 9.79. The third-order valence-corrected chi connectivity index (χ3v) is 6.34. The summed E-state index contributed by atoms with van der Waals surface area (Å²) in [5, 5.41) is 12.0. The number of nitrogens with zero attached hydrogens (tertiary/aromatic N) is 1. The van der Waals surface area contributed by atoms with Crippen LogP contribution in [-0.4, -0.2) is 9.67 Å². The average Bonchev–Trinajstić information content (AvgIpc) is 2.62. The molecule has 0 bridgehead atoms. The fourth-order valence-electron chi connectivity index (χ4n) is 3.53. The maximum absolute atomic E-state index is 11.8. The van der Waals surface area contributed by atoms with Gasteiger partial charge in [0.25, 0.3) is 5.56 Å². The van der Waals surface area contributed by atoms with Crippen molar-refractivity contribution < 1.29 is 5.11 Å². The summed E-state index contributed by atoms with van der Waals surface area (Å²) in [4.78, 5) is 13.0. The van der Waals surface area contributed by atoms with Crippen LogP contribution in [0.4, 0.5) is 0 Å². The molecule has 0 aliphatic carbocycles. The number of phenolic OH excluding ortho intramolecular Hbond substituents is 1. The molecule has 0 spiro atoms. The molecule has 0 unspecified atom stereocenters. The maximum Gasteiger partial charge on any atom is 0.250 e. The molecule has 1 aromatic heterocycles. The Morgan fingerprint density at radius 1 is 0.897 bits per heavy atom. The van der Waals surface area contributed by atoms with E-state index >= 15 is 0 Å². The van der Waals surface area contributed by atoms with Crippen LogP contribution in [0.15, 0.2) is 52.2 Å². The number of thioether (sulfide) groups is 1. The number of aromatic nitrogens is 1. The van der Waals surface area contributed by atoms with Gasteiger partial charge in [-0.3, -0.25) is 4.79 Å². The van der Waals surface area contributed by atoms with Gasteiger partial charge in [0.15, 0.2) is 0 Å². The summed E-state index contributed by atoms with van der Waals surface area (Å²) in [5.74, 6) is 1.25. The monoisotopic (exact) mass is 409 g/mol. The van der Waals surface area contributed by atoms with E-state index in [2.05, 4.69) is 65.8 Å². The van der Waals surface area contributed by atoms with Gasteiger partial charge in [-0.15, -0.1) is 11.8 Å². The molecule has 2 aromatic carbocycles. The zero-order chi connectivity index (χ0) is 21.6. The normalized spacial score (nSPS) is 12.5. The second kappa shape index (κ2) is 7.56. The molecule has 1 N–H and O–H groups in total. The number of hydrogen-bond donors (Lipinski definition) is 1. The van der Waals surface area contributed by atoms with Gasteiger partial charge in [-0.25, -0.2) is 0 Å². The highest BCUT2D eigenvalue weighted by Gasteiger charge is 2.26. The summed E-state index contributed by atoms with van der Waals surface area (Å²) in [6.45, 7) is 12.8. The zero-order valence-corrected chi connectivity index (χ0v) is 19.3. The lowest BCUT2D eigenvalue weighted by molar-refractivity contribution is 0.422. The van der Waals surface area contributed by atoms with Crippen LogP contribution in [-0.2, 0) is 23.6 Å². The van der Waals surface area contributed by atoms with E-state index in [1.807, 2.05) is 12.1 Å². The van der Waals surface area contributed by atoms with E-state index in [1.54, 1.807) is 29.4 Å². The molecule has 29 heavy (non-hydrogen) atoms. The molecule has 4 heteroatoms. The Hall–Kier alpha value is -2.20. The summed E-state index contributed by atoms with van der Waals surface area (Å²) >= 11 is 1.78. The number of fused-ring (bicyclic) bond motifs is 1. The van der Waals surface area contributed by atoms with E-state index < -0.39 is 0 Å². The Morgan fingerprint density at radius 2 is 1.48 bits per heavy atom. The third kappa shape index (κ3) is 4.53. The van der Waals surface area contributed by atoms with Crippen molar-refractivity contribution in [1.82, 2.24) is 4.57 Å². The van der Waals surface area contributed by atoms with E-state index in [4.69, 9.17) is 0 Å². The standard InChI is InChI=1S/C25H31NO2S/c1-24(2,3)19-13-18(14-20(23(19)28)25(4,5)6)29-15-16-8-10-21-17(12-16)9-11-22(27)26(21)7/h8-14,28H,15H2,1-7H3. The largest absolute Gasteiger partial charge is 0.507 e. The van der Waals surface area contributed by atoms with Crippen LogP contribution in [0.3, 0.4) is 0 Å². The summed E-state index contributed by atoms with van der Waals surface area (Å²) in [6, 6.07) is 14.0. The van der Waals surface area contributed by atoms with Gasteiger partial charge < -0.3 is 9.67 Å². The van der Waals surface area contributed by atoms with Crippen molar-refractivity contribution in [3.05, 3.63) is 69.5 Å². The second-order valence-electron chi connectivity index (χ2n) is 9.78. The van der Waals surface area contributed by atoms with E-state index in [1.165, 1.54) is 10.5 Å². The molecule has 3 nitrogen and oxygen atoms in total. The minimum absolute atomic E-state index is 0.00753. The molecule has 0 amide bonds. The first kappa shape index (κ1) is 21.5. The Morgan fingerprint density at radius 3 is 2.03 bits per heavy atom. The Bertz CT molecular complexity index is 1080. The topological polar surface area (TPSA) is 42.2 Å². The summed E-state index contributed by atoms with van der Waals surface area (Å²) in [5.41, 5.74) is 3.88. The highest BCUT2D eigenvalue weighted by molar-refractivity contribution is 7.98. The van der Waals surface area contributed by atoms with Crippen molar-refractivity contribution in [1.29, 1.82) is 0 Å². The quantitative estimate of drug-likeness (QED) is 0.529. The van der Waals surface area contributed by atoms with Gasteiger partial charge in [0, 0.05) is 34.9 Å². The molecule has 1 heterocycles. The third-order valence-electron chi connectivity index (χ3n) is 5.29. The first-order valence-corrected chi connectivity index (χ1v) is 11.0. The molecule has 0 saturated heterocycles. The molecule has 0 fully saturated rings. The minimum atomic E-state index is -0.131. The predicted octanol–water partition coefficient (Wildman–Crippen LogP) is 6.13. The van der Waals surface area contributed by atoms with Crippen LogP contribution in [0, 0.1) is 0 Å². The van der Waals surface area contributed by atoms with Crippen LogP contribution in [0.5, 0.6) is 5.75 Å².